The molecule has 2 aliphatic heterocycles. The van der Waals surface area contributed by atoms with Gasteiger partial charge < -0.3 is 14.4 Å². The van der Waals surface area contributed by atoms with E-state index < -0.39 is 44.7 Å². The van der Waals surface area contributed by atoms with Gasteiger partial charge in [-0.25, -0.2) is 14.2 Å². The van der Waals surface area contributed by atoms with Crippen LogP contribution in [0, 0.1) is 12.7 Å². The Morgan fingerprint density at radius 3 is 2.69 bits per heavy atom. The minimum Gasteiger partial charge on any atom is -0.458 e. The first-order valence-electron chi connectivity index (χ1n) is 11.7. The monoisotopic (exact) mass is 514 g/mol. The van der Waals surface area contributed by atoms with Gasteiger partial charge in [0.15, 0.2) is 5.60 Å². The zero-order valence-electron chi connectivity index (χ0n) is 19.6. The van der Waals surface area contributed by atoms with E-state index in [1.54, 1.807) is 19.9 Å². The van der Waals surface area contributed by atoms with E-state index in [0.29, 0.717) is 51.8 Å². The van der Waals surface area contributed by atoms with E-state index in [4.69, 9.17) is 9.72 Å². The molecule has 2 aromatic heterocycles. The number of halogens is 1. The van der Waals surface area contributed by atoms with Gasteiger partial charge in [0.2, 0.25) is 0 Å². The van der Waals surface area contributed by atoms with Crippen LogP contribution in [0.5, 0.6) is 0 Å². The number of aliphatic hydroxyl groups is 1. The Hall–Kier alpha value is -3.15. The Kier molecular flexibility index (Phi) is 4.80. The second-order valence-electron chi connectivity index (χ2n) is 9.80. The van der Waals surface area contributed by atoms with Gasteiger partial charge in [-0.15, -0.1) is 0 Å². The number of carbonyl (C=O) groups is 1. The zero-order chi connectivity index (χ0) is 25.7. The van der Waals surface area contributed by atoms with Crippen LogP contribution in [0.2, 0.25) is 0 Å². The fourth-order valence-corrected chi connectivity index (χ4v) is 6.91. The second kappa shape index (κ2) is 7.44. The zero-order valence-corrected chi connectivity index (χ0v) is 20.4. The van der Waals surface area contributed by atoms with Crippen molar-refractivity contribution in [3.05, 3.63) is 61.7 Å². The molecule has 0 unspecified atom stereocenters. The van der Waals surface area contributed by atoms with Gasteiger partial charge in [0.05, 0.1) is 34.8 Å². The lowest BCUT2D eigenvalue weighted by molar-refractivity contribution is -0.172. The van der Waals surface area contributed by atoms with Gasteiger partial charge in [-0.05, 0) is 48.9 Å². The Morgan fingerprint density at radius 1 is 1.25 bits per heavy atom. The molecule has 2 N–H and O–H groups in total. The third-order valence-electron chi connectivity index (χ3n) is 7.91. The number of ether oxygens (including phenoxy) is 1. The van der Waals surface area contributed by atoms with Crippen molar-refractivity contribution in [2.24, 2.45) is 0 Å². The molecule has 1 aromatic carbocycles. The minimum atomic E-state index is -4.32. The molecule has 11 heteroatoms. The molecule has 2 atom stereocenters. The van der Waals surface area contributed by atoms with Gasteiger partial charge in [-0.3, -0.25) is 9.35 Å². The Balaban J connectivity index is 1.69. The first-order chi connectivity index (χ1) is 16.9. The van der Waals surface area contributed by atoms with Gasteiger partial charge in [-0.1, -0.05) is 6.92 Å². The largest absolute Gasteiger partial charge is 0.458 e. The Morgan fingerprint density at radius 2 is 2.00 bits per heavy atom. The highest BCUT2D eigenvalue weighted by molar-refractivity contribution is 7.85. The summed E-state index contributed by atoms with van der Waals surface area (Å²) in [6.45, 7) is 3.09. The number of cyclic esters (lactones) is 1. The van der Waals surface area contributed by atoms with Gasteiger partial charge >= 0.3 is 5.97 Å². The smallest absolute Gasteiger partial charge is 0.343 e. The SMILES string of the molecule is CC[C@@]1(O)C(=O)OCc2c1cc1n(c2=O)Cc2c-1nc1cc(F)c(C)c3c1c2[C@@H](CS(=O)(=O)O)CC3. The van der Waals surface area contributed by atoms with Crippen molar-refractivity contribution in [1.82, 2.24) is 9.55 Å². The molecule has 0 fully saturated rings. The number of carbonyl (C=O) groups excluding carboxylic acids is 1. The normalized spacial score (nSPS) is 22.2. The maximum absolute atomic E-state index is 14.8. The predicted molar refractivity (Wildman–Crippen MR) is 127 cm³/mol. The molecular formula is C25H23FN2O7S. The maximum Gasteiger partial charge on any atom is 0.343 e. The number of benzene rings is 1. The molecule has 0 radical (unpaired) electrons. The molecule has 3 aliphatic rings. The summed E-state index contributed by atoms with van der Waals surface area (Å²) in [5.74, 6) is -2.35. The lowest BCUT2D eigenvalue weighted by Crippen LogP contribution is -2.44. The van der Waals surface area contributed by atoms with Gasteiger partial charge in [0, 0.05) is 28.5 Å². The summed E-state index contributed by atoms with van der Waals surface area (Å²) in [7, 11) is -4.32. The van der Waals surface area contributed by atoms with E-state index >= 15 is 0 Å². The standard InChI is InChI=1S/C25H23FN2O7S/c1-3-25(31)16-6-19-22-14(8-28(19)23(29)15(16)9-35-24(25)30)20-12(10-36(32,33)34)4-5-13-11(2)17(26)7-18(27-22)21(13)20/h6-7,12,31H,3-5,8-10H2,1-2H3,(H,32,33,34)/t12-,25+/m1/s1. The predicted octanol–water partition coefficient (Wildman–Crippen LogP) is 2.44. The molecule has 188 valence electrons. The third-order valence-corrected chi connectivity index (χ3v) is 8.73. The highest BCUT2D eigenvalue weighted by Gasteiger charge is 2.46. The van der Waals surface area contributed by atoms with Gasteiger partial charge in [0.1, 0.15) is 12.4 Å². The van der Waals surface area contributed by atoms with E-state index in [1.807, 2.05) is 0 Å². The molecule has 6 rings (SSSR count). The molecule has 4 heterocycles. The Labute approximate surface area is 205 Å². The molecule has 0 saturated carbocycles. The van der Waals surface area contributed by atoms with Gasteiger partial charge in [0.25, 0.3) is 15.7 Å². The van der Waals surface area contributed by atoms with E-state index in [1.165, 1.54) is 10.6 Å². The number of hydrogen-bond donors (Lipinski definition) is 2. The molecule has 0 spiro atoms. The number of aryl methyl sites for hydroxylation is 1. The number of esters is 1. The number of rotatable bonds is 3. The number of nitrogens with zero attached hydrogens (tertiary/aromatic N) is 2. The van der Waals surface area contributed by atoms with E-state index in [2.05, 4.69) is 0 Å². The summed E-state index contributed by atoms with van der Waals surface area (Å²) < 4.78 is 54.8. The van der Waals surface area contributed by atoms with Crippen LogP contribution in [0.25, 0.3) is 22.3 Å². The average Bonchev–Trinajstić information content (AvgIpc) is 3.18. The summed E-state index contributed by atoms with van der Waals surface area (Å²) in [6, 6.07) is 2.86. The minimum absolute atomic E-state index is 0.00470. The fourth-order valence-electron chi connectivity index (χ4n) is 6.07. The Bertz CT molecular complexity index is 1700. The maximum atomic E-state index is 14.8. The summed E-state index contributed by atoms with van der Waals surface area (Å²) in [4.78, 5) is 30.6. The fraction of sp³-hybridized carbons (Fsp3) is 0.400. The number of fused-ring (bicyclic) bond motifs is 5. The first kappa shape index (κ1) is 23.3. The quantitative estimate of drug-likeness (QED) is 0.314. The summed E-state index contributed by atoms with van der Waals surface area (Å²) >= 11 is 0. The van der Waals surface area contributed by atoms with Crippen molar-refractivity contribution >= 4 is 27.0 Å². The second-order valence-corrected chi connectivity index (χ2v) is 11.3. The van der Waals surface area contributed by atoms with Crippen LogP contribution in [0.3, 0.4) is 0 Å². The van der Waals surface area contributed by atoms with Crippen molar-refractivity contribution < 1.29 is 32.0 Å². The van der Waals surface area contributed by atoms with Crippen LogP contribution in [-0.4, -0.2) is 39.4 Å². The molecular weight excluding hydrogens is 491 g/mol. The third kappa shape index (κ3) is 3.06. The molecule has 1 aliphatic carbocycles. The van der Waals surface area contributed by atoms with Crippen LogP contribution in [0.15, 0.2) is 16.9 Å². The topological polar surface area (TPSA) is 136 Å². The van der Waals surface area contributed by atoms with Crippen LogP contribution in [0.1, 0.15) is 59.1 Å². The molecule has 0 amide bonds. The van der Waals surface area contributed by atoms with Crippen molar-refractivity contribution in [2.75, 3.05) is 5.75 Å². The highest BCUT2D eigenvalue weighted by Crippen LogP contribution is 2.46. The van der Waals surface area contributed by atoms with Crippen LogP contribution < -0.4 is 5.56 Å². The molecule has 0 bridgehead atoms. The average molecular weight is 515 g/mol. The first-order valence-corrected chi connectivity index (χ1v) is 13.3. The van der Waals surface area contributed by atoms with Crippen molar-refractivity contribution in [3.8, 4) is 11.4 Å². The summed E-state index contributed by atoms with van der Waals surface area (Å²) in [5.41, 5.74) is 1.40. The van der Waals surface area contributed by atoms with Crippen LogP contribution >= 0.6 is 0 Å². The van der Waals surface area contributed by atoms with Crippen LogP contribution in [-0.2, 0) is 44.8 Å². The van der Waals surface area contributed by atoms with Crippen molar-refractivity contribution in [1.29, 1.82) is 0 Å². The summed E-state index contributed by atoms with van der Waals surface area (Å²) in [6.07, 6.45) is 0.801. The van der Waals surface area contributed by atoms with E-state index in [9.17, 15) is 32.1 Å². The van der Waals surface area contributed by atoms with E-state index in [0.717, 1.165) is 5.56 Å². The van der Waals surface area contributed by atoms with Crippen molar-refractivity contribution in [2.45, 2.75) is 57.8 Å². The van der Waals surface area contributed by atoms with E-state index in [-0.39, 0.29) is 30.7 Å². The number of aromatic nitrogens is 2. The molecule has 9 nitrogen and oxygen atoms in total. The van der Waals surface area contributed by atoms with Gasteiger partial charge in [-0.2, -0.15) is 8.42 Å². The number of pyridine rings is 2. The molecule has 0 saturated heterocycles. The highest BCUT2D eigenvalue weighted by atomic mass is 32.2. The number of hydrogen-bond acceptors (Lipinski definition) is 7. The lowest BCUT2D eigenvalue weighted by atomic mass is 9.79. The van der Waals surface area contributed by atoms with Crippen LogP contribution in [0.4, 0.5) is 4.39 Å². The molecule has 3 aromatic rings. The summed E-state index contributed by atoms with van der Waals surface area (Å²) in [5, 5.41) is 11.7. The van der Waals surface area contributed by atoms with Crippen molar-refractivity contribution in [3.63, 3.8) is 0 Å². The molecule has 36 heavy (non-hydrogen) atoms. The lowest BCUT2D eigenvalue weighted by Gasteiger charge is -2.31.